The van der Waals surface area contributed by atoms with Gasteiger partial charge in [0, 0.05) is 0 Å². The number of nitrogens with one attached hydrogen (secondary N) is 2. The molecule has 0 aliphatic carbocycles. The van der Waals surface area contributed by atoms with Crippen LogP contribution >= 0.6 is 0 Å². The van der Waals surface area contributed by atoms with Crippen molar-refractivity contribution < 1.29 is 22.4 Å². The van der Waals surface area contributed by atoms with E-state index in [0.29, 0.717) is 12.3 Å². The van der Waals surface area contributed by atoms with Crippen LogP contribution < -0.4 is 10.6 Å². The third-order valence-electron chi connectivity index (χ3n) is 1.65. The largest absolute Gasteiger partial charge is 0.468 e. The van der Waals surface area contributed by atoms with Crippen molar-refractivity contribution in [3.05, 3.63) is 24.2 Å². The van der Waals surface area contributed by atoms with Gasteiger partial charge in [-0.1, -0.05) is 0 Å². The van der Waals surface area contributed by atoms with Crippen LogP contribution in [-0.2, 0) is 11.3 Å². The number of rotatable bonds is 5. The van der Waals surface area contributed by atoms with Crippen molar-refractivity contribution in [1.82, 2.24) is 10.6 Å². The Bertz CT molecular complexity index is 322. The van der Waals surface area contributed by atoms with E-state index in [1.165, 1.54) is 6.26 Å². The van der Waals surface area contributed by atoms with Gasteiger partial charge >= 0.3 is 6.18 Å². The predicted octanol–water partition coefficient (Wildman–Crippen LogP) is 1.05. The van der Waals surface area contributed by atoms with Crippen molar-refractivity contribution in [3.63, 3.8) is 0 Å². The van der Waals surface area contributed by atoms with E-state index in [2.05, 4.69) is 5.32 Å². The molecule has 7 heteroatoms. The molecule has 0 aliphatic heterocycles. The minimum absolute atomic E-state index is 0.184. The second kappa shape index (κ2) is 5.55. The molecule has 0 aromatic carbocycles. The summed E-state index contributed by atoms with van der Waals surface area (Å²) in [5.41, 5.74) is 0. The van der Waals surface area contributed by atoms with E-state index in [1.807, 2.05) is 0 Å². The summed E-state index contributed by atoms with van der Waals surface area (Å²) in [6.07, 6.45) is -2.91. The SMILES string of the molecule is O=C(CNCc1ccco1)NCC(F)(F)F. The first-order valence-electron chi connectivity index (χ1n) is 4.54. The van der Waals surface area contributed by atoms with Gasteiger partial charge in [-0.15, -0.1) is 0 Å². The highest BCUT2D eigenvalue weighted by atomic mass is 19.4. The van der Waals surface area contributed by atoms with E-state index in [-0.39, 0.29) is 6.54 Å². The molecule has 1 aromatic heterocycles. The molecule has 1 rings (SSSR count). The summed E-state index contributed by atoms with van der Waals surface area (Å²) in [5.74, 6) is -0.0903. The topological polar surface area (TPSA) is 54.3 Å². The molecule has 2 N–H and O–H groups in total. The highest BCUT2D eigenvalue weighted by molar-refractivity contribution is 5.77. The van der Waals surface area contributed by atoms with Crippen LogP contribution in [0.15, 0.2) is 22.8 Å². The molecular formula is C9H11F3N2O2. The lowest BCUT2D eigenvalue weighted by molar-refractivity contribution is -0.137. The standard InChI is InChI=1S/C9H11F3N2O2/c10-9(11,12)6-14-8(15)5-13-4-7-2-1-3-16-7/h1-3,13H,4-6H2,(H,14,15). The molecule has 0 atom stereocenters. The molecule has 0 unspecified atom stereocenters. The smallest absolute Gasteiger partial charge is 0.405 e. The molecule has 0 aliphatic rings. The van der Waals surface area contributed by atoms with Crippen molar-refractivity contribution in [1.29, 1.82) is 0 Å². The fourth-order valence-corrected chi connectivity index (χ4v) is 0.974. The van der Waals surface area contributed by atoms with Crippen LogP contribution in [0.4, 0.5) is 13.2 Å². The number of carbonyl (C=O) groups is 1. The molecule has 0 radical (unpaired) electrons. The van der Waals surface area contributed by atoms with Crippen LogP contribution in [0.3, 0.4) is 0 Å². The monoisotopic (exact) mass is 236 g/mol. The Hall–Kier alpha value is -1.50. The first-order valence-corrected chi connectivity index (χ1v) is 4.54. The highest BCUT2D eigenvalue weighted by Crippen LogP contribution is 2.11. The zero-order valence-electron chi connectivity index (χ0n) is 8.30. The lowest BCUT2D eigenvalue weighted by atomic mass is 10.4. The number of furan rings is 1. The van der Waals surface area contributed by atoms with Gasteiger partial charge in [0.2, 0.25) is 5.91 Å². The van der Waals surface area contributed by atoms with Crippen LogP contribution in [0.1, 0.15) is 5.76 Å². The Balaban J connectivity index is 2.11. The van der Waals surface area contributed by atoms with Gasteiger partial charge in [-0.3, -0.25) is 4.79 Å². The van der Waals surface area contributed by atoms with Crippen LogP contribution in [0, 0.1) is 0 Å². The molecule has 0 spiro atoms. The van der Waals surface area contributed by atoms with Crippen molar-refractivity contribution in [3.8, 4) is 0 Å². The maximum Gasteiger partial charge on any atom is 0.405 e. The van der Waals surface area contributed by atoms with E-state index in [1.54, 1.807) is 17.4 Å². The Morgan fingerprint density at radius 1 is 1.44 bits per heavy atom. The maximum absolute atomic E-state index is 11.7. The van der Waals surface area contributed by atoms with Gasteiger partial charge in [0.25, 0.3) is 0 Å². The third-order valence-corrected chi connectivity index (χ3v) is 1.65. The summed E-state index contributed by atoms with van der Waals surface area (Å²) < 4.78 is 40.1. The van der Waals surface area contributed by atoms with E-state index in [0.717, 1.165) is 0 Å². The predicted molar refractivity (Wildman–Crippen MR) is 49.5 cm³/mol. The number of hydrogen-bond donors (Lipinski definition) is 2. The van der Waals surface area contributed by atoms with Gasteiger partial charge in [0.05, 0.1) is 19.4 Å². The summed E-state index contributed by atoms with van der Waals surface area (Å²) in [6.45, 7) is -1.20. The second-order valence-electron chi connectivity index (χ2n) is 3.07. The fourth-order valence-electron chi connectivity index (χ4n) is 0.974. The van der Waals surface area contributed by atoms with Gasteiger partial charge in [0.15, 0.2) is 0 Å². The van der Waals surface area contributed by atoms with Crippen LogP contribution in [0.25, 0.3) is 0 Å². The molecular weight excluding hydrogens is 225 g/mol. The third kappa shape index (κ3) is 5.40. The molecule has 1 heterocycles. The Morgan fingerprint density at radius 3 is 2.75 bits per heavy atom. The summed E-state index contributed by atoms with van der Waals surface area (Å²) in [5, 5.41) is 4.40. The number of carbonyl (C=O) groups excluding carboxylic acids is 1. The quantitative estimate of drug-likeness (QED) is 0.803. The lowest BCUT2D eigenvalue weighted by Crippen LogP contribution is -2.39. The minimum atomic E-state index is -4.38. The van der Waals surface area contributed by atoms with E-state index in [4.69, 9.17) is 4.42 Å². The van der Waals surface area contributed by atoms with Crippen LogP contribution in [0.5, 0.6) is 0 Å². The highest BCUT2D eigenvalue weighted by Gasteiger charge is 2.27. The van der Waals surface area contributed by atoms with Gasteiger partial charge in [-0.05, 0) is 12.1 Å². The molecule has 0 saturated heterocycles. The Morgan fingerprint density at radius 2 is 2.19 bits per heavy atom. The molecule has 4 nitrogen and oxygen atoms in total. The van der Waals surface area contributed by atoms with E-state index < -0.39 is 18.6 Å². The summed E-state index contributed by atoms with van der Waals surface area (Å²) >= 11 is 0. The lowest BCUT2D eigenvalue weighted by Gasteiger charge is -2.08. The van der Waals surface area contributed by atoms with Gasteiger partial charge in [-0.25, -0.2) is 0 Å². The van der Waals surface area contributed by atoms with Crippen molar-refractivity contribution in [2.75, 3.05) is 13.1 Å². The number of alkyl halides is 3. The van der Waals surface area contributed by atoms with E-state index >= 15 is 0 Å². The summed E-state index contributed by atoms with van der Waals surface area (Å²) in [7, 11) is 0. The zero-order valence-corrected chi connectivity index (χ0v) is 8.30. The second-order valence-corrected chi connectivity index (χ2v) is 3.07. The molecule has 90 valence electrons. The molecule has 0 fully saturated rings. The normalized spacial score (nSPS) is 11.4. The van der Waals surface area contributed by atoms with Crippen molar-refractivity contribution in [2.24, 2.45) is 0 Å². The van der Waals surface area contributed by atoms with Crippen LogP contribution in [0.2, 0.25) is 0 Å². The Labute approximate surface area is 89.8 Å². The number of amides is 1. The molecule has 0 saturated carbocycles. The Kier molecular flexibility index (Phi) is 4.36. The number of hydrogen-bond acceptors (Lipinski definition) is 3. The summed E-state index contributed by atoms with van der Waals surface area (Å²) in [6, 6.07) is 3.38. The van der Waals surface area contributed by atoms with E-state index in [9.17, 15) is 18.0 Å². The average molecular weight is 236 g/mol. The number of halogens is 3. The zero-order chi connectivity index (χ0) is 12.0. The van der Waals surface area contributed by atoms with Crippen LogP contribution in [-0.4, -0.2) is 25.2 Å². The van der Waals surface area contributed by atoms with Gasteiger partial charge in [0.1, 0.15) is 12.3 Å². The van der Waals surface area contributed by atoms with Crippen molar-refractivity contribution in [2.45, 2.75) is 12.7 Å². The molecule has 0 bridgehead atoms. The molecule has 16 heavy (non-hydrogen) atoms. The minimum Gasteiger partial charge on any atom is -0.468 e. The molecule has 1 aromatic rings. The van der Waals surface area contributed by atoms with Gasteiger partial charge < -0.3 is 15.1 Å². The first-order chi connectivity index (χ1) is 7.47. The summed E-state index contributed by atoms with van der Waals surface area (Å²) in [4.78, 5) is 10.9. The van der Waals surface area contributed by atoms with Crippen molar-refractivity contribution >= 4 is 5.91 Å². The maximum atomic E-state index is 11.7. The average Bonchev–Trinajstić information content (AvgIpc) is 2.66. The molecule has 1 amide bonds. The first kappa shape index (κ1) is 12.6. The van der Waals surface area contributed by atoms with Gasteiger partial charge in [-0.2, -0.15) is 13.2 Å². The fraction of sp³-hybridized carbons (Fsp3) is 0.444.